The quantitative estimate of drug-likeness (QED) is 0.648. The van der Waals surface area contributed by atoms with Crippen molar-refractivity contribution in [2.24, 2.45) is 7.05 Å². The van der Waals surface area contributed by atoms with E-state index in [4.69, 9.17) is 23.2 Å². The second-order valence-electron chi connectivity index (χ2n) is 5.43. The molecule has 126 valence electrons. The number of hydrogen-bond acceptors (Lipinski definition) is 4. The number of nitrogens with zero attached hydrogens (tertiary/aromatic N) is 2. The third-order valence-corrected chi connectivity index (χ3v) is 5.57. The van der Waals surface area contributed by atoms with Crippen LogP contribution in [0.1, 0.15) is 30.4 Å². The lowest BCUT2D eigenvalue weighted by atomic mass is 9.87. The van der Waals surface area contributed by atoms with E-state index in [1.54, 1.807) is 29.8 Å². The normalized spacial score (nSPS) is 16.7. The fraction of sp³-hybridized carbons (Fsp3) is 0.312. The number of benzene rings is 1. The minimum atomic E-state index is -0.393. The van der Waals surface area contributed by atoms with Gasteiger partial charge in [-0.3, -0.25) is 9.59 Å². The number of anilines is 1. The number of carbonyl (C=O) groups is 1. The Hall–Kier alpha value is -1.50. The van der Waals surface area contributed by atoms with E-state index in [-0.39, 0.29) is 17.9 Å². The van der Waals surface area contributed by atoms with E-state index in [2.05, 4.69) is 10.3 Å². The molecule has 1 aliphatic heterocycles. The summed E-state index contributed by atoms with van der Waals surface area (Å²) >= 11 is 13.5. The van der Waals surface area contributed by atoms with Crippen LogP contribution in [0.5, 0.6) is 0 Å². The average Bonchev–Trinajstić information content (AvgIpc) is 2.54. The maximum Gasteiger partial charge on any atom is 0.279 e. The summed E-state index contributed by atoms with van der Waals surface area (Å²) in [4.78, 5) is 29.0. The monoisotopic (exact) mass is 383 g/mol. The molecule has 1 unspecified atom stereocenters. The van der Waals surface area contributed by atoms with Gasteiger partial charge in [0, 0.05) is 19.4 Å². The van der Waals surface area contributed by atoms with Crippen LogP contribution >= 0.6 is 35.0 Å². The Balaban J connectivity index is 2.19. The molecule has 5 nitrogen and oxygen atoms in total. The molecule has 2 heterocycles. The van der Waals surface area contributed by atoms with E-state index < -0.39 is 5.92 Å². The Morgan fingerprint density at radius 3 is 2.75 bits per heavy atom. The molecule has 3 rings (SSSR count). The van der Waals surface area contributed by atoms with Crippen molar-refractivity contribution in [1.29, 1.82) is 0 Å². The molecule has 2 aromatic rings. The van der Waals surface area contributed by atoms with Crippen LogP contribution < -0.4 is 10.9 Å². The highest BCUT2D eigenvalue weighted by atomic mass is 35.5. The second kappa shape index (κ2) is 6.78. The van der Waals surface area contributed by atoms with Crippen LogP contribution in [0.25, 0.3) is 0 Å². The molecule has 1 atom stereocenters. The summed E-state index contributed by atoms with van der Waals surface area (Å²) in [7, 11) is 1.79. The van der Waals surface area contributed by atoms with Crippen molar-refractivity contribution >= 4 is 46.7 Å². The first-order valence-electron chi connectivity index (χ1n) is 7.40. The van der Waals surface area contributed by atoms with Crippen molar-refractivity contribution in [2.75, 3.05) is 11.1 Å². The van der Waals surface area contributed by atoms with E-state index in [9.17, 15) is 9.59 Å². The van der Waals surface area contributed by atoms with Crippen molar-refractivity contribution in [3.05, 3.63) is 49.7 Å². The smallest absolute Gasteiger partial charge is 0.279 e. The van der Waals surface area contributed by atoms with Gasteiger partial charge in [-0.15, -0.1) is 0 Å². The van der Waals surface area contributed by atoms with Gasteiger partial charge in [-0.25, -0.2) is 0 Å². The molecule has 1 aromatic carbocycles. The predicted octanol–water partition coefficient (Wildman–Crippen LogP) is 3.67. The molecular weight excluding hydrogens is 369 g/mol. The Labute approximate surface area is 153 Å². The Bertz CT molecular complexity index is 882. The zero-order chi connectivity index (χ0) is 17.4. The van der Waals surface area contributed by atoms with Crippen LogP contribution in [0.15, 0.2) is 28.2 Å². The lowest BCUT2D eigenvalue weighted by molar-refractivity contribution is -0.116. The van der Waals surface area contributed by atoms with E-state index >= 15 is 0 Å². The van der Waals surface area contributed by atoms with Crippen LogP contribution in [0.3, 0.4) is 0 Å². The van der Waals surface area contributed by atoms with Crippen LogP contribution in [0, 0.1) is 0 Å². The van der Waals surface area contributed by atoms with Crippen LogP contribution in [-0.4, -0.2) is 21.2 Å². The van der Waals surface area contributed by atoms with Crippen LogP contribution in [0.4, 0.5) is 5.82 Å². The number of fused-ring (bicyclic) bond motifs is 1. The van der Waals surface area contributed by atoms with Crippen LogP contribution in [-0.2, 0) is 11.8 Å². The molecule has 0 radical (unpaired) electrons. The molecule has 24 heavy (non-hydrogen) atoms. The van der Waals surface area contributed by atoms with E-state index in [1.807, 2.05) is 6.92 Å². The number of thioether (sulfide) groups is 1. The molecule has 1 N–H and O–H groups in total. The summed E-state index contributed by atoms with van der Waals surface area (Å²) in [5.74, 6) is 0.740. The molecule has 0 saturated carbocycles. The highest BCUT2D eigenvalue weighted by Gasteiger charge is 2.32. The summed E-state index contributed by atoms with van der Waals surface area (Å²) < 4.78 is 1.76. The molecule has 8 heteroatoms. The first kappa shape index (κ1) is 17.3. The number of carbonyl (C=O) groups excluding carboxylic acids is 1. The first-order chi connectivity index (χ1) is 11.4. The molecule has 0 bridgehead atoms. The summed E-state index contributed by atoms with van der Waals surface area (Å²) in [6.45, 7) is 1.98. The van der Waals surface area contributed by atoms with E-state index in [1.165, 1.54) is 11.8 Å². The molecule has 0 spiro atoms. The molecule has 1 amide bonds. The first-order valence-corrected chi connectivity index (χ1v) is 9.15. The Morgan fingerprint density at radius 2 is 2.08 bits per heavy atom. The number of aromatic nitrogens is 2. The number of amides is 1. The SMILES string of the molecule is CCSc1nc(=O)c2c(n1C)NC(=O)CC2c1ccc(Cl)c(Cl)c1. The fourth-order valence-corrected chi connectivity index (χ4v) is 3.80. The lowest BCUT2D eigenvalue weighted by Gasteiger charge is -2.27. The van der Waals surface area contributed by atoms with Gasteiger partial charge in [-0.2, -0.15) is 4.98 Å². The third kappa shape index (κ3) is 3.06. The Kier molecular flexibility index (Phi) is 4.90. The molecule has 0 aliphatic carbocycles. The van der Waals surface area contributed by atoms with Crippen molar-refractivity contribution in [2.45, 2.75) is 24.4 Å². The topological polar surface area (TPSA) is 64.0 Å². The zero-order valence-electron chi connectivity index (χ0n) is 13.1. The summed E-state index contributed by atoms with van der Waals surface area (Å²) in [6.07, 6.45) is 0.169. The second-order valence-corrected chi connectivity index (χ2v) is 7.48. The molecular formula is C16H15Cl2N3O2S. The highest BCUT2D eigenvalue weighted by molar-refractivity contribution is 7.99. The number of nitrogens with one attached hydrogen (secondary N) is 1. The summed E-state index contributed by atoms with van der Waals surface area (Å²) in [6, 6.07) is 5.16. The molecule has 1 aromatic heterocycles. The van der Waals surface area contributed by atoms with Crippen LogP contribution in [0.2, 0.25) is 10.0 Å². The standard InChI is InChI=1S/C16H15Cl2N3O2S/c1-3-24-16-20-15(23)13-9(7-12(22)19-14(13)21(16)2)8-4-5-10(17)11(18)6-8/h4-6,9H,3,7H2,1-2H3,(H,19,22). The number of halogens is 2. The van der Waals surface area contributed by atoms with Crippen molar-refractivity contribution < 1.29 is 4.79 Å². The number of hydrogen-bond donors (Lipinski definition) is 1. The zero-order valence-corrected chi connectivity index (χ0v) is 15.4. The van der Waals surface area contributed by atoms with E-state index in [0.29, 0.717) is 26.6 Å². The van der Waals surface area contributed by atoms with Gasteiger partial charge < -0.3 is 9.88 Å². The van der Waals surface area contributed by atoms with Gasteiger partial charge in [0.05, 0.1) is 15.6 Å². The average molecular weight is 384 g/mol. The third-order valence-electron chi connectivity index (χ3n) is 3.92. The fourth-order valence-electron chi connectivity index (χ4n) is 2.81. The maximum atomic E-state index is 12.6. The highest BCUT2D eigenvalue weighted by Crippen LogP contribution is 2.37. The minimum Gasteiger partial charge on any atom is -0.312 e. The van der Waals surface area contributed by atoms with E-state index in [0.717, 1.165) is 11.3 Å². The summed E-state index contributed by atoms with van der Waals surface area (Å²) in [5, 5.41) is 4.21. The number of rotatable bonds is 3. The van der Waals surface area contributed by atoms with Gasteiger partial charge in [-0.05, 0) is 23.4 Å². The van der Waals surface area contributed by atoms with Crippen molar-refractivity contribution in [3.8, 4) is 0 Å². The predicted molar refractivity (Wildman–Crippen MR) is 97.4 cm³/mol. The van der Waals surface area contributed by atoms with Gasteiger partial charge in [0.25, 0.3) is 5.56 Å². The van der Waals surface area contributed by atoms with Gasteiger partial charge >= 0.3 is 0 Å². The van der Waals surface area contributed by atoms with Crippen molar-refractivity contribution in [3.63, 3.8) is 0 Å². The van der Waals surface area contributed by atoms with Gasteiger partial charge in [-0.1, -0.05) is 48.0 Å². The Morgan fingerprint density at radius 1 is 1.33 bits per heavy atom. The van der Waals surface area contributed by atoms with Crippen molar-refractivity contribution in [1.82, 2.24) is 9.55 Å². The molecule has 1 aliphatic rings. The molecule has 0 fully saturated rings. The lowest BCUT2D eigenvalue weighted by Crippen LogP contribution is -2.33. The largest absolute Gasteiger partial charge is 0.312 e. The van der Waals surface area contributed by atoms with Gasteiger partial charge in [0.2, 0.25) is 5.91 Å². The maximum absolute atomic E-state index is 12.6. The molecule has 0 saturated heterocycles. The minimum absolute atomic E-state index is 0.146. The van der Waals surface area contributed by atoms with Gasteiger partial charge in [0.1, 0.15) is 5.82 Å². The van der Waals surface area contributed by atoms with Gasteiger partial charge in [0.15, 0.2) is 5.16 Å². The summed E-state index contributed by atoms with van der Waals surface area (Å²) in [5.41, 5.74) is 0.932.